The average molecular weight is 686 g/mol. The summed E-state index contributed by atoms with van der Waals surface area (Å²) in [6.07, 6.45) is 9.78. The predicted octanol–water partition coefficient (Wildman–Crippen LogP) is 4.66. The lowest BCUT2D eigenvalue weighted by atomic mass is 9.89. The van der Waals surface area contributed by atoms with Gasteiger partial charge in [0.25, 0.3) is 5.88 Å². The molecule has 1 aliphatic heterocycles. The zero-order valence-corrected chi connectivity index (χ0v) is 29.5. The Bertz CT molecular complexity index is 1710. The third kappa shape index (κ3) is 8.92. The van der Waals surface area contributed by atoms with Crippen molar-refractivity contribution in [3.8, 4) is 29.0 Å². The molecule has 266 valence electrons. The third-order valence-corrected chi connectivity index (χ3v) is 9.12. The maximum atomic E-state index is 9.74. The fraction of sp³-hybridized carbons (Fsp3) is 0.571. The molecule has 0 amide bonds. The highest BCUT2D eigenvalue weighted by atomic mass is 16.5. The van der Waals surface area contributed by atoms with Gasteiger partial charge in [-0.15, -0.1) is 10.2 Å². The molecule has 4 heterocycles. The predicted molar refractivity (Wildman–Crippen MR) is 185 cm³/mol. The number of rotatable bonds is 14. The number of methoxy groups -OCH3 is 1. The van der Waals surface area contributed by atoms with Crippen LogP contribution in [0.3, 0.4) is 0 Å². The summed E-state index contributed by atoms with van der Waals surface area (Å²) in [6, 6.07) is 10.3. The number of benzene rings is 1. The Balaban J connectivity index is 1.18. The first-order valence-corrected chi connectivity index (χ1v) is 17.4. The molecular weight excluding hydrogens is 638 g/mol. The first-order valence-electron chi connectivity index (χ1n) is 17.4. The number of tetrazole rings is 1. The molecular formula is C35H47N11O4. The van der Waals surface area contributed by atoms with Crippen LogP contribution in [0.25, 0.3) is 11.3 Å². The molecule has 0 bridgehead atoms. The van der Waals surface area contributed by atoms with Crippen molar-refractivity contribution in [2.45, 2.75) is 90.3 Å². The fourth-order valence-electron chi connectivity index (χ4n) is 6.87. The Morgan fingerprint density at radius 2 is 1.84 bits per heavy atom. The van der Waals surface area contributed by atoms with Gasteiger partial charge in [0.05, 0.1) is 55.5 Å². The summed E-state index contributed by atoms with van der Waals surface area (Å²) in [6.45, 7) is 11.8. The van der Waals surface area contributed by atoms with E-state index in [1.165, 1.54) is 6.33 Å². The number of morpholine rings is 1. The molecule has 50 heavy (non-hydrogen) atoms. The van der Waals surface area contributed by atoms with Gasteiger partial charge in [-0.2, -0.15) is 5.26 Å². The Morgan fingerprint density at radius 1 is 1.06 bits per heavy atom. The van der Waals surface area contributed by atoms with Crippen molar-refractivity contribution >= 4 is 11.6 Å². The van der Waals surface area contributed by atoms with Crippen molar-refractivity contribution < 1.29 is 18.9 Å². The number of hydrogen-bond donors (Lipinski definition) is 1. The lowest BCUT2D eigenvalue weighted by Crippen LogP contribution is -2.51. The van der Waals surface area contributed by atoms with Crippen molar-refractivity contribution in [1.29, 1.82) is 5.26 Å². The molecule has 0 radical (unpaired) electrons. The zero-order valence-electron chi connectivity index (χ0n) is 29.5. The van der Waals surface area contributed by atoms with Gasteiger partial charge in [-0.1, -0.05) is 13.0 Å². The third-order valence-electron chi connectivity index (χ3n) is 9.12. The van der Waals surface area contributed by atoms with E-state index >= 15 is 0 Å². The molecule has 1 aromatic carbocycles. The molecule has 3 aromatic heterocycles. The minimum absolute atomic E-state index is 0.190. The summed E-state index contributed by atoms with van der Waals surface area (Å²) >= 11 is 0. The van der Waals surface area contributed by atoms with Crippen LogP contribution in [-0.4, -0.2) is 103 Å². The minimum atomic E-state index is -0.285. The highest BCUT2D eigenvalue weighted by molar-refractivity contribution is 5.66. The second-order valence-corrected chi connectivity index (χ2v) is 13.5. The normalized spacial score (nSPS) is 22.4. The van der Waals surface area contributed by atoms with Gasteiger partial charge in [-0.25, -0.2) is 14.6 Å². The number of ether oxygens (including phenoxy) is 4. The maximum absolute atomic E-state index is 9.74. The number of anilines is 2. The first kappa shape index (κ1) is 35.2. The molecule has 0 spiro atoms. The van der Waals surface area contributed by atoms with Crippen LogP contribution in [0.4, 0.5) is 11.6 Å². The van der Waals surface area contributed by atoms with Gasteiger partial charge in [0.1, 0.15) is 29.9 Å². The van der Waals surface area contributed by atoms with Crippen molar-refractivity contribution in [3.63, 3.8) is 0 Å². The zero-order chi connectivity index (χ0) is 35.0. The second-order valence-electron chi connectivity index (χ2n) is 13.5. The molecule has 0 unspecified atom stereocenters. The Morgan fingerprint density at radius 3 is 2.56 bits per heavy atom. The van der Waals surface area contributed by atoms with E-state index < -0.39 is 0 Å². The van der Waals surface area contributed by atoms with Crippen molar-refractivity contribution in [3.05, 3.63) is 48.5 Å². The van der Waals surface area contributed by atoms with Gasteiger partial charge >= 0.3 is 0 Å². The molecule has 4 atom stereocenters. The second kappa shape index (κ2) is 16.4. The molecule has 1 N–H and O–H groups in total. The van der Waals surface area contributed by atoms with Gasteiger partial charge in [-0.05, 0) is 75.1 Å². The summed E-state index contributed by atoms with van der Waals surface area (Å²) in [4.78, 5) is 11.9. The van der Waals surface area contributed by atoms with Crippen LogP contribution in [-0.2, 0) is 16.0 Å². The molecule has 15 nitrogen and oxygen atoms in total. The standard InChI is InChI=1S/C35H47N11O4/c1-23(20-47-5)21-48-34-32(19-46(41-34)30-10-8-29(9-11-30)44-16-24(2)49-25(3)17-44)40-35-37-13-12-31(39-35)27-6-7-28(15-36)33(14-27)50-26(4)18-45-22-38-42-43-45/h6-7,12-14,19,22-26,29-30H,8-11,16-18,20-21H2,1-5H3,(H,37,39,40)/t23-,24-,25+,26-,29-,30-/m0/s1. The topological polar surface area (TPSA) is 163 Å². The van der Waals surface area contributed by atoms with Crippen molar-refractivity contribution in [1.82, 2.24) is 44.9 Å². The summed E-state index contributed by atoms with van der Waals surface area (Å²) in [5, 5.41) is 29.3. The van der Waals surface area contributed by atoms with Crippen LogP contribution in [0.2, 0.25) is 0 Å². The quantitative estimate of drug-likeness (QED) is 0.195. The van der Waals surface area contributed by atoms with E-state index in [0.717, 1.165) is 44.3 Å². The molecule has 2 fully saturated rings. The Labute approximate surface area is 292 Å². The first-order chi connectivity index (χ1) is 24.3. The van der Waals surface area contributed by atoms with Crippen LogP contribution >= 0.6 is 0 Å². The highest BCUT2D eigenvalue weighted by Crippen LogP contribution is 2.36. The number of hydrogen-bond acceptors (Lipinski definition) is 13. The summed E-state index contributed by atoms with van der Waals surface area (Å²) < 4.78 is 27.3. The summed E-state index contributed by atoms with van der Waals surface area (Å²) in [5.41, 5.74) is 2.56. The van der Waals surface area contributed by atoms with E-state index in [4.69, 9.17) is 29.0 Å². The minimum Gasteiger partial charge on any atom is -0.487 e. The molecule has 15 heteroatoms. The highest BCUT2D eigenvalue weighted by Gasteiger charge is 2.32. The van der Waals surface area contributed by atoms with Gasteiger partial charge in [0.2, 0.25) is 5.95 Å². The number of nitriles is 1. The Kier molecular flexibility index (Phi) is 11.5. The van der Waals surface area contributed by atoms with E-state index in [2.05, 4.69) is 57.6 Å². The van der Waals surface area contributed by atoms with Crippen LogP contribution in [0.1, 0.15) is 65.0 Å². The summed E-state index contributed by atoms with van der Waals surface area (Å²) in [5.74, 6) is 1.54. The fourth-order valence-corrected chi connectivity index (χ4v) is 6.87. The molecule has 1 aliphatic carbocycles. The van der Waals surface area contributed by atoms with Crippen LogP contribution < -0.4 is 14.8 Å². The maximum Gasteiger partial charge on any atom is 0.256 e. The van der Waals surface area contributed by atoms with E-state index in [0.29, 0.717) is 60.3 Å². The molecule has 2 aliphatic rings. The largest absolute Gasteiger partial charge is 0.487 e. The summed E-state index contributed by atoms with van der Waals surface area (Å²) in [7, 11) is 1.69. The Hall–Kier alpha value is -4.65. The molecule has 6 rings (SSSR count). The van der Waals surface area contributed by atoms with E-state index in [1.807, 2.05) is 36.0 Å². The lowest BCUT2D eigenvalue weighted by Gasteiger charge is -2.42. The number of nitrogens with zero attached hydrogens (tertiary/aromatic N) is 10. The van der Waals surface area contributed by atoms with Gasteiger partial charge in [0.15, 0.2) is 0 Å². The molecule has 4 aromatic rings. The number of aromatic nitrogens is 8. The van der Waals surface area contributed by atoms with E-state index in [1.54, 1.807) is 24.1 Å². The SMILES string of the molecule is COC[C@H](C)COc1nn([C@H]2CC[C@H](N3C[C@@H](C)O[C@@H](C)C3)CC2)cc1Nc1nccc(-c2ccc(C#N)c(O[C@@H](C)Cn3cnnn3)c2)n1. The number of nitrogens with one attached hydrogen (secondary N) is 1. The lowest BCUT2D eigenvalue weighted by molar-refractivity contribution is -0.0852. The van der Waals surface area contributed by atoms with E-state index in [-0.39, 0.29) is 30.3 Å². The molecule has 1 saturated carbocycles. The monoisotopic (exact) mass is 685 g/mol. The van der Waals surface area contributed by atoms with Crippen LogP contribution in [0.15, 0.2) is 43.0 Å². The van der Waals surface area contributed by atoms with Crippen LogP contribution in [0.5, 0.6) is 11.6 Å². The van der Waals surface area contributed by atoms with Gasteiger partial charge < -0.3 is 24.3 Å². The molecule has 1 saturated heterocycles. The van der Waals surface area contributed by atoms with E-state index in [9.17, 15) is 5.26 Å². The average Bonchev–Trinajstić information content (AvgIpc) is 3.77. The van der Waals surface area contributed by atoms with Crippen molar-refractivity contribution in [2.75, 3.05) is 38.7 Å². The van der Waals surface area contributed by atoms with Crippen molar-refractivity contribution in [2.24, 2.45) is 5.92 Å². The van der Waals surface area contributed by atoms with Gasteiger partial charge in [-0.3, -0.25) is 9.58 Å². The van der Waals surface area contributed by atoms with Crippen LogP contribution in [0, 0.1) is 17.2 Å². The smallest absolute Gasteiger partial charge is 0.256 e. The van der Waals surface area contributed by atoms with Gasteiger partial charge in [0, 0.05) is 43.9 Å².